The Hall–Kier alpha value is -7.59. The van der Waals surface area contributed by atoms with Crippen LogP contribution in [0.4, 0.5) is 32.6 Å². The minimum absolute atomic E-state index is 0. The molecule has 2 aliphatic rings. The number of amides is 3. The van der Waals surface area contributed by atoms with Gasteiger partial charge in [0.1, 0.15) is 47.3 Å². The number of halogens is 1. The van der Waals surface area contributed by atoms with Crippen LogP contribution in [-0.2, 0) is 9.59 Å². The van der Waals surface area contributed by atoms with Crippen molar-refractivity contribution in [3.05, 3.63) is 133 Å². The van der Waals surface area contributed by atoms with Gasteiger partial charge < -0.3 is 35.3 Å². The number of carbonyl (C=O) groups excluding carboxylic acids is 4. The molecule has 16 nitrogen and oxygen atoms in total. The van der Waals surface area contributed by atoms with Gasteiger partial charge in [-0.2, -0.15) is 0 Å². The van der Waals surface area contributed by atoms with Crippen LogP contribution in [0.2, 0.25) is 0 Å². The van der Waals surface area contributed by atoms with Gasteiger partial charge in [0.2, 0.25) is 23.6 Å². The molecule has 8 rings (SSSR count). The molecular weight excluding hydrogens is 828 g/mol. The maximum Gasteiger partial charge on any atom is 0.417 e. The highest BCUT2D eigenvalue weighted by Gasteiger charge is 2.30. The number of nitrogen functional groups attached to an aromatic ring is 1. The average Bonchev–Trinajstić information content (AvgIpc) is 4.16. The number of rotatable bonds is 11. The molecule has 5 N–H and O–H groups in total. The molecule has 2 aliphatic carbocycles. The summed E-state index contributed by atoms with van der Waals surface area (Å²) in [7, 11) is 0. The Labute approximate surface area is 370 Å². The summed E-state index contributed by atoms with van der Waals surface area (Å²) in [5.74, 6) is 3.80. The van der Waals surface area contributed by atoms with Crippen LogP contribution >= 0.6 is 11.6 Å². The van der Waals surface area contributed by atoms with Crippen LogP contribution in [0.25, 0.3) is 0 Å². The number of nitrogens with one attached hydrogen (secondary N) is 3. The summed E-state index contributed by atoms with van der Waals surface area (Å²) >= 11 is 4.95. The monoisotopic (exact) mass is 876 g/mol. The molecule has 63 heavy (non-hydrogen) atoms. The number of benzene rings is 4. The van der Waals surface area contributed by atoms with E-state index in [-0.39, 0.29) is 38.5 Å². The summed E-state index contributed by atoms with van der Waals surface area (Å²) < 4.78 is 21.2. The van der Waals surface area contributed by atoms with Gasteiger partial charge in [-0.3, -0.25) is 14.9 Å². The summed E-state index contributed by atoms with van der Waals surface area (Å²) in [6.45, 7) is 3.75. The van der Waals surface area contributed by atoms with E-state index >= 15 is 0 Å². The van der Waals surface area contributed by atoms with Crippen molar-refractivity contribution in [2.45, 2.75) is 54.4 Å². The van der Waals surface area contributed by atoms with E-state index in [1.54, 1.807) is 91.0 Å². The summed E-state index contributed by atoms with van der Waals surface area (Å²) in [5, 5.41) is 8.23. The fourth-order valence-corrected chi connectivity index (χ4v) is 5.27. The van der Waals surface area contributed by atoms with E-state index in [1.807, 2.05) is 32.0 Å². The van der Waals surface area contributed by atoms with Gasteiger partial charge in [0.25, 0.3) is 0 Å². The fraction of sp³-hybridized carbons (Fsp3) is 0.217. The van der Waals surface area contributed by atoms with Crippen LogP contribution in [0.15, 0.2) is 122 Å². The Kier molecular flexibility index (Phi) is 17.9. The van der Waals surface area contributed by atoms with Crippen LogP contribution in [0.5, 0.6) is 34.8 Å². The molecule has 0 atom stereocenters. The molecule has 0 saturated heterocycles. The zero-order valence-corrected chi connectivity index (χ0v) is 33.8. The number of aryl methyl sites for hydroxylation is 2. The predicted molar refractivity (Wildman–Crippen MR) is 242 cm³/mol. The van der Waals surface area contributed by atoms with E-state index in [2.05, 4.69) is 40.6 Å². The van der Waals surface area contributed by atoms with Crippen molar-refractivity contribution in [1.29, 1.82) is 0 Å². The van der Waals surface area contributed by atoms with E-state index in [0.717, 1.165) is 36.8 Å². The van der Waals surface area contributed by atoms with Gasteiger partial charge in [0, 0.05) is 46.9 Å². The van der Waals surface area contributed by atoms with Crippen molar-refractivity contribution < 1.29 is 38.1 Å². The Bertz CT molecular complexity index is 2470. The quantitative estimate of drug-likeness (QED) is 0.0704. The summed E-state index contributed by atoms with van der Waals surface area (Å²) in [6, 6.07) is 31.2. The SMILES string of the molecule is C.C.Cc1cc(Oc2cc(NC(=O)C3CC3)ncn2)ccc1N.Cc1cc(Oc2cc(NC(=O)C3CC3)ncn2)ccc1NC(=O)Oc1ccccc1.O=C(Cl)Oc1ccccc1. The van der Waals surface area contributed by atoms with Crippen LogP contribution in [-0.4, -0.2) is 43.3 Å². The van der Waals surface area contributed by atoms with Gasteiger partial charge in [0.15, 0.2) is 0 Å². The molecule has 328 valence electrons. The standard InChI is InChI=1S/C22H20N4O4.C15H16N4O2.C7H5ClO2.2CH4/c1-14-11-17(9-10-18(14)25-22(28)30-16-5-3-2-4-6-16)29-20-12-19(23-13-24-20)26-21(27)15-7-8-15;1-9-6-11(4-5-12(9)16)21-14-7-13(17-8-18-14)19-15(20)10-2-3-10;8-7(9)10-6-4-2-1-3-5-6;;/h2-6,9-13,15H,7-8H2,1H3,(H,25,28)(H,23,24,26,27);4-8,10H,2-3,16H2,1H3,(H,17,18,19,20);1-5H;2*1H4. The number of anilines is 4. The second-order valence-corrected chi connectivity index (χ2v) is 14.0. The lowest BCUT2D eigenvalue weighted by Gasteiger charge is -2.11. The number of hydrogen-bond donors (Lipinski definition) is 4. The minimum atomic E-state index is -0.814. The van der Waals surface area contributed by atoms with Crippen molar-refractivity contribution in [1.82, 2.24) is 19.9 Å². The lowest BCUT2D eigenvalue weighted by molar-refractivity contribution is -0.118. The van der Waals surface area contributed by atoms with Crippen LogP contribution < -0.4 is 40.6 Å². The van der Waals surface area contributed by atoms with E-state index in [1.165, 1.54) is 12.7 Å². The highest BCUT2D eigenvalue weighted by Crippen LogP contribution is 2.32. The first kappa shape index (κ1) is 48.1. The second kappa shape index (κ2) is 23.4. The number of nitrogens with zero attached hydrogens (tertiary/aromatic N) is 4. The lowest BCUT2D eigenvalue weighted by Crippen LogP contribution is -2.17. The molecule has 0 aliphatic heterocycles. The van der Waals surface area contributed by atoms with E-state index < -0.39 is 11.5 Å². The van der Waals surface area contributed by atoms with Crippen molar-refractivity contribution in [3.63, 3.8) is 0 Å². The molecule has 4 aromatic carbocycles. The molecule has 3 amide bonds. The maximum absolute atomic E-state index is 12.1. The third-order valence-corrected chi connectivity index (χ3v) is 8.78. The van der Waals surface area contributed by atoms with Gasteiger partial charge >= 0.3 is 11.5 Å². The average molecular weight is 877 g/mol. The highest BCUT2D eigenvalue weighted by atomic mass is 35.5. The van der Waals surface area contributed by atoms with E-state index in [0.29, 0.717) is 57.8 Å². The Morgan fingerprint density at radius 2 is 1.03 bits per heavy atom. The molecule has 6 aromatic rings. The Morgan fingerprint density at radius 1 is 0.571 bits per heavy atom. The molecule has 0 unspecified atom stereocenters. The zero-order valence-electron chi connectivity index (χ0n) is 33.0. The lowest BCUT2D eigenvalue weighted by atomic mass is 10.2. The third kappa shape index (κ3) is 16.1. The topological polar surface area (TPSA) is 219 Å². The second-order valence-electron chi connectivity index (χ2n) is 13.7. The number of aromatic nitrogens is 4. The van der Waals surface area contributed by atoms with Crippen molar-refractivity contribution in [2.24, 2.45) is 11.8 Å². The third-order valence-electron chi connectivity index (χ3n) is 8.70. The summed E-state index contributed by atoms with van der Waals surface area (Å²) in [6.07, 6.45) is 5.85. The van der Waals surface area contributed by atoms with E-state index in [9.17, 15) is 19.2 Å². The molecule has 2 fully saturated rings. The van der Waals surface area contributed by atoms with Gasteiger partial charge in [-0.05, 0) is 111 Å². The fourth-order valence-electron chi connectivity index (χ4n) is 5.18. The Balaban J connectivity index is 0.000000229. The first-order valence-electron chi connectivity index (χ1n) is 19.0. The number of nitrogens with two attached hydrogens (primary N) is 1. The largest absolute Gasteiger partial charge is 0.439 e. The first-order chi connectivity index (χ1) is 29.5. The van der Waals surface area contributed by atoms with E-state index in [4.69, 9.17) is 31.5 Å². The van der Waals surface area contributed by atoms with Crippen LogP contribution in [0, 0.1) is 25.7 Å². The Morgan fingerprint density at radius 3 is 1.48 bits per heavy atom. The van der Waals surface area contributed by atoms with Gasteiger partial charge in [-0.25, -0.2) is 29.5 Å². The zero-order chi connectivity index (χ0) is 43.1. The molecule has 0 spiro atoms. The maximum atomic E-state index is 12.1. The van der Waals surface area contributed by atoms with Crippen molar-refractivity contribution in [2.75, 3.05) is 21.7 Å². The number of hydrogen-bond acceptors (Lipinski definition) is 13. The molecular formula is C46H49ClN8O8. The summed E-state index contributed by atoms with van der Waals surface area (Å²) in [5.41, 5.74) is 7.98. The van der Waals surface area contributed by atoms with Crippen LogP contribution in [0.3, 0.4) is 0 Å². The molecule has 0 radical (unpaired) electrons. The minimum Gasteiger partial charge on any atom is -0.439 e. The smallest absolute Gasteiger partial charge is 0.417 e. The van der Waals surface area contributed by atoms with Crippen molar-refractivity contribution >= 4 is 57.9 Å². The normalized spacial score (nSPS) is 12.0. The number of para-hydroxylation sites is 2. The van der Waals surface area contributed by atoms with Crippen LogP contribution in [0.1, 0.15) is 51.7 Å². The highest BCUT2D eigenvalue weighted by molar-refractivity contribution is 6.61. The molecule has 2 aromatic heterocycles. The van der Waals surface area contributed by atoms with Gasteiger partial charge in [-0.15, -0.1) is 0 Å². The molecule has 2 heterocycles. The predicted octanol–water partition coefficient (Wildman–Crippen LogP) is 10.7. The van der Waals surface area contributed by atoms with Crippen molar-refractivity contribution in [3.8, 4) is 34.8 Å². The number of carbonyl (C=O) groups is 4. The number of ether oxygens (including phenoxy) is 4. The summed E-state index contributed by atoms with van der Waals surface area (Å²) in [4.78, 5) is 62.0. The van der Waals surface area contributed by atoms with Gasteiger partial charge in [0.05, 0.1) is 0 Å². The van der Waals surface area contributed by atoms with Gasteiger partial charge in [-0.1, -0.05) is 51.3 Å². The molecule has 0 bridgehead atoms. The molecule has 2 saturated carbocycles. The molecule has 17 heteroatoms. The first-order valence-corrected chi connectivity index (χ1v) is 19.4.